The highest BCUT2D eigenvalue weighted by Crippen LogP contribution is 2.27. The van der Waals surface area contributed by atoms with Gasteiger partial charge in [-0.3, -0.25) is 14.7 Å². The Hall–Kier alpha value is -1.03. The Balaban J connectivity index is 1.41. The number of morpholine rings is 1. The van der Waals surface area contributed by atoms with Crippen LogP contribution in [0.3, 0.4) is 0 Å². The van der Waals surface area contributed by atoms with Crippen molar-refractivity contribution in [1.29, 1.82) is 0 Å². The van der Waals surface area contributed by atoms with Gasteiger partial charge < -0.3 is 25.0 Å². The number of hydrogen-bond acceptors (Lipinski definition) is 6. The number of nitrogens with one attached hydrogen (secondary N) is 1. The molecule has 0 spiro atoms. The molecule has 3 heterocycles. The van der Waals surface area contributed by atoms with Gasteiger partial charge in [-0.15, -0.1) is 0 Å². The van der Waals surface area contributed by atoms with Gasteiger partial charge in [0.25, 0.3) is 0 Å². The third-order valence-corrected chi connectivity index (χ3v) is 6.50. The number of nitrogens with zero attached hydrogens (tertiary/aromatic N) is 4. The Morgan fingerprint density at radius 2 is 1.92 bits per heavy atom. The van der Waals surface area contributed by atoms with Gasteiger partial charge in [-0.25, -0.2) is 0 Å². The smallest absolute Gasteiger partial charge is 0.236 e. The molecule has 1 unspecified atom stereocenters. The fourth-order valence-electron chi connectivity index (χ4n) is 3.53. The van der Waals surface area contributed by atoms with Gasteiger partial charge in [-0.1, -0.05) is 0 Å². The third-order valence-electron chi connectivity index (χ3n) is 5.26. The number of amides is 1. The summed E-state index contributed by atoms with van der Waals surface area (Å²) in [6.45, 7) is 7.09. The van der Waals surface area contributed by atoms with E-state index >= 15 is 0 Å². The van der Waals surface area contributed by atoms with Crippen LogP contribution in [0.1, 0.15) is 6.42 Å². The van der Waals surface area contributed by atoms with Crippen molar-refractivity contribution in [3.05, 3.63) is 0 Å². The molecule has 0 bridgehead atoms. The Morgan fingerprint density at radius 1 is 1.19 bits per heavy atom. The lowest BCUT2D eigenvalue weighted by atomic mass is 10.0. The number of aliphatic hydroxyl groups is 1. The fourth-order valence-corrected chi connectivity index (χ4v) is 4.83. The minimum atomic E-state index is -0.618. The van der Waals surface area contributed by atoms with Crippen LogP contribution in [0.15, 0.2) is 4.99 Å². The lowest BCUT2D eigenvalue weighted by Crippen LogP contribution is -2.56. The molecule has 26 heavy (non-hydrogen) atoms. The van der Waals surface area contributed by atoms with Crippen molar-refractivity contribution in [2.45, 2.75) is 12.0 Å². The number of rotatable bonds is 4. The molecule has 1 atom stereocenters. The summed E-state index contributed by atoms with van der Waals surface area (Å²) in [6.07, 6.45) is 0.832. The molecule has 9 heteroatoms. The van der Waals surface area contributed by atoms with E-state index < -0.39 is 5.60 Å². The minimum absolute atomic E-state index is 0.199. The molecule has 1 amide bonds. The number of guanidine groups is 1. The van der Waals surface area contributed by atoms with Gasteiger partial charge in [0, 0.05) is 58.6 Å². The van der Waals surface area contributed by atoms with Crippen LogP contribution >= 0.6 is 11.8 Å². The van der Waals surface area contributed by atoms with E-state index in [1.54, 1.807) is 18.8 Å². The van der Waals surface area contributed by atoms with Gasteiger partial charge in [0.15, 0.2) is 5.96 Å². The molecule has 0 aromatic heterocycles. The summed E-state index contributed by atoms with van der Waals surface area (Å²) in [6, 6.07) is 0. The molecule has 3 rings (SSSR count). The van der Waals surface area contributed by atoms with E-state index in [2.05, 4.69) is 20.1 Å². The van der Waals surface area contributed by atoms with Crippen molar-refractivity contribution in [2.24, 2.45) is 4.99 Å². The van der Waals surface area contributed by atoms with Crippen LogP contribution in [0, 0.1) is 0 Å². The van der Waals surface area contributed by atoms with Crippen LogP contribution in [0.2, 0.25) is 0 Å². The zero-order chi connectivity index (χ0) is 18.4. The van der Waals surface area contributed by atoms with E-state index in [9.17, 15) is 9.90 Å². The number of hydrogen-bond donors (Lipinski definition) is 2. The van der Waals surface area contributed by atoms with Crippen LogP contribution in [-0.2, 0) is 9.53 Å². The zero-order valence-electron chi connectivity index (χ0n) is 15.7. The molecule has 0 aromatic carbocycles. The Morgan fingerprint density at radius 3 is 2.54 bits per heavy atom. The van der Waals surface area contributed by atoms with Gasteiger partial charge in [0.2, 0.25) is 5.91 Å². The molecule has 2 N–H and O–H groups in total. The molecule has 0 aliphatic carbocycles. The number of piperazine rings is 1. The molecular formula is C17H31N5O3S. The standard InChI is InChI=1S/C17H31N5O3S/c1-18-16(19-13-17(24)2-11-26-14-17)22-5-3-20(4-6-22)12-15(23)21-7-9-25-10-8-21/h24H,2-14H2,1H3,(H,18,19). The molecule has 8 nitrogen and oxygen atoms in total. The summed E-state index contributed by atoms with van der Waals surface area (Å²) in [7, 11) is 1.78. The van der Waals surface area contributed by atoms with Gasteiger partial charge >= 0.3 is 0 Å². The van der Waals surface area contributed by atoms with Crippen molar-refractivity contribution in [1.82, 2.24) is 20.0 Å². The molecule has 0 aromatic rings. The molecule has 148 valence electrons. The molecule has 0 radical (unpaired) electrons. The van der Waals surface area contributed by atoms with E-state index in [1.807, 2.05) is 4.90 Å². The lowest BCUT2D eigenvalue weighted by Gasteiger charge is -2.38. The molecule has 3 aliphatic heterocycles. The van der Waals surface area contributed by atoms with E-state index in [4.69, 9.17) is 4.74 Å². The van der Waals surface area contributed by atoms with Crippen molar-refractivity contribution in [2.75, 3.05) is 84.1 Å². The van der Waals surface area contributed by atoms with Crippen molar-refractivity contribution in [3.63, 3.8) is 0 Å². The van der Waals surface area contributed by atoms with E-state index in [0.717, 1.165) is 50.1 Å². The topological polar surface area (TPSA) is 80.6 Å². The van der Waals surface area contributed by atoms with Gasteiger partial charge in [-0.2, -0.15) is 11.8 Å². The van der Waals surface area contributed by atoms with Crippen LogP contribution in [0.25, 0.3) is 0 Å². The first kappa shape index (κ1) is 19.7. The number of aliphatic imine (C=N–C) groups is 1. The molecule has 3 aliphatic rings. The van der Waals surface area contributed by atoms with Crippen molar-refractivity contribution < 1.29 is 14.6 Å². The number of ether oxygens (including phenoxy) is 1. The first-order chi connectivity index (χ1) is 12.6. The second kappa shape index (κ2) is 9.25. The minimum Gasteiger partial charge on any atom is -0.387 e. The van der Waals surface area contributed by atoms with Crippen LogP contribution < -0.4 is 5.32 Å². The lowest BCUT2D eigenvalue weighted by molar-refractivity contribution is -0.136. The van der Waals surface area contributed by atoms with Gasteiger partial charge in [0.1, 0.15) is 0 Å². The summed E-state index contributed by atoms with van der Waals surface area (Å²) in [5, 5.41) is 13.8. The van der Waals surface area contributed by atoms with E-state index in [0.29, 0.717) is 39.4 Å². The number of carbonyl (C=O) groups is 1. The second-order valence-corrected chi connectivity index (χ2v) is 8.29. The van der Waals surface area contributed by atoms with Gasteiger partial charge in [-0.05, 0) is 12.2 Å². The molecule has 3 fully saturated rings. The maximum atomic E-state index is 12.4. The highest BCUT2D eigenvalue weighted by Gasteiger charge is 2.32. The summed E-state index contributed by atoms with van der Waals surface area (Å²) in [5.41, 5.74) is -0.618. The van der Waals surface area contributed by atoms with E-state index in [-0.39, 0.29) is 5.91 Å². The Bertz CT molecular complexity index is 499. The van der Waals surface area contributed by atoms with Crippen molar-refractivity contribution >= 4 is 23.6 Å². The first-order valence-electron chi connectivity index (χ1n) is 9.43. The van der Waals surface area contributed by atoms with Crippen LogP contribution in [0.4, 0.5) is 0 Å². The number of thioether (sulfide) groups is 1. The maximum Gasteiger partial charge on any atom is 0.236 e. The highest BCUT2D eigenvalue weighted by atomic mass is 32.2. The maximum absolute atomic E-state index is 12.4. The normalized spacial score (nSPS) is 28.5. The fraction of sp³-hybridized carbons (Fsp3) is 0.882. The second-order valence-electron chi connectivity index (χ2n) is 7.18. The summed E-state index contributed by atoms with van der Waals surface area (Å²) >= 11 is 1.80. The predicted octanol–water partition coefficient (Wildman–Crippen LogP) is -1.09. The number of carbonyl (C=O) groups excluding carboxylic acids is 1. The molecule has 3 saturated heterocycles. The SMILES string of the molecule is CN=C(NCC1(O)CCSC1)N1CCN(CC(=O)N2CCOCC2)CC1. The van der Waals surface area contributed by atoms with Crippen molar-refractivity contribution in [3.8, 4) is 0 Å². The Kier molecular flexibility index (Phi) is 7.02. The summed E-state index contributed by atoms with van der Waals surface area (Å²) in [4.78, 5) is 23.1. The third kappa shape index (κ3) is 5.25. The van der Waals surface area contributed by atoms with Crippen LogP contribution in [-0.4, -0.2) is 121 Å². The summed E-state index contributed by atoms with van der Waals surface area (Å²) < 4.78 is 5.31. The molecule has 0 saturated carbocycles. The Labute approximate surface area is 159 Å². The summed E-state index contributed by atoms with van der Waals surface area (Å²) in [5.74, 6) is 2.85. The average molecular weight is 386 g/mol. The zero-order valence-corrected chi connectivity index (χ0v) is 16.5. The van der Waals surface area contributed by atoms with Crippen LogP contribution in [0.5, 0.6) is 0 Å². The molecular weight excluding hydrogens is 354 g/mol. The van der Waals surface area contributed by atoms with Gasteiger partial charge in [0.05, 0.1) is 25.4 Å². The highest BCUT2D eigenvalue weighted by molar-refractivity contribution is 7.99. The first-order valence-corrected chi connectivity index (χ1v) is 10.6. The largest absolute Gasteiger partial charge is 0.387 e. The monoisotopic (exact) mass is 385 g/mol. The predicted molar refractivity (Wildman–Crippen MR) is 104 cm³/mol. The quantitative estimate of drug-likeness (QED) is 0.470. The van der Waals surface area contributed by atoms with E-state index in [1.165, 1.54) is 0 Å². The average Bonchev–Trinajstić information content (AvgIpc) is 3.11.